The van der Waals surface area contributed by atoms with E-state index in [-0.39, 0.29) is 17.1 Å². The molecule has 0 saturated carbocycles. The Morgan fingerprint density at radius 1 is 1.28 bits per heavy atom. The number of thioether (sulfide) groups is 1. The number of nitrogens with two attached hydrogens (primary N) is 1. The van der Waals surface area contributed by atoms with E-state index in [1.807, 2.05) is 19.1 Å². The molecule has 18 heavy (non-hydrogen) atoms. The minimum atomic E-state index is -0.228. The van der Waals surface area contributed by atoms with Crippen LogP contribution in [0.5, 0.6) is 0 Å². The topological polar surface area (TPSA) is 39.2 Å². The highest BCUT2D eigenvalue weighted by Crippen LogP contribution is 2.38. The third kappa shape index (κ3) is 3.15. The van der Waals surface area contributed by atoms with E-state index in [1.54, 1.807) is 30.2 Å². The lowest BCUT2D eigenvalue weighted by atomic mass is 10.1. The smallest absolute Gasteiger partial charge is 0.123 e. The Morgan fingerprint density at radius 2 is 2.00 bits per heavy atom. The second-order valence-corrected chi connectivity index (χ2v) is 5.29. The molecule has 2 atom stereocenters. The Morgan fingerprint density at radius 3 is 2.56 bits per heavy atom. The fourth-order valence-electron chi connectivity index (χ4n) is 1.68. The van der Waals surface area contributed by atoms with Crippen LogP contribution in [0.25, 0.3) is 0 Å². The van der Waals surface area contributed by atoms with Gasteiger partial charge in [0.05, 0.1) is 11.5 Å². The second-order valence-electron chi connectivity index (χ2n) is 4.08. The summed E-state index contributed by atoms with van der Waals surface area (Å²) in [5.74, 6) is 0.632. The average molecular weight is 265 g/mol. The van der Waals surface area contributed by atoms with Crippen molar-refractivity contribution in [3.05, 3.63) is 54.2 Å². The van der Waals surface area contributed by atoms with Gasteiger partial charge in [-0.1, -0.05) is 6.92 Å². The fourth-order valence-corrected chi connectivity index (χ4v) is 2.89. The molecule has 1 aromatic heterocycles. The van der Waals surface area contributed by atoms with E-state index in [1.165, 1.54) is 12.1 Å². The van der Waals surface area contributed by atoms with Crippen molar-refractivity contribution in [1.82, 2.24) is 0 Å². The normalized spacial score (nSPS) is 14.4. The molecular weight excluding hydrogens is 249 g/mol. The van der Waals surface area contributed by atoms with Gasteiger partial charge in [0.1, 0.15) is 11.6 Å². The highest BCUT2D eigenvalue weighted by atomic mass is 32.2. The first-order chi connectivity index (χ1) is 8.70. The molecule has 0 aliphatic rings. The summed E-state index contributed by atoms with van der Waals surface area (Å²) in [6, 6.07) is 10.2. The molecule has 2 nitrogen and oxygen atoms in total. The predicted molar refractivity (Wildman–Crippen MR) is 72.0 cm³/mol. The number of hydrogen-bond acceptors (Lipinski definition) is 3. The second kappa shape index (κ2) is 6.07. The third-order valence-electron chi connectivity index (χ3n) is 2.76. The maximum absolute atomic E-state index is 12.9. The summed E-state index contributed by atoms with van der Waals surface area (Å²) in [4.78, 5) is 0.988. The highest BCUT2D eigenvalue weighted by molar-refractivity contribution is 7.99. The lowest BCUT2D eigenvalue weighted by Crippen LogP contribution is -2.25. The first-order valence-electron chi connectivity index (χ1n) is 5.92. The van der Waals surface area contributed by atoms with Gasteiger partial charge in [-0.3, -0.25) is 0 Å². The molecule has 0 spiro atoms. The summed E-state index contributed by atoms with van der Waals surface area (Å²) >= 11 is 1.60. The molecule has 0 fully saturated rings. The van der Waals surface area contributed by atoms with Gasteiger partial charge in [-0.25, -0.2) is 4.39 Å². The minimum absolute atomic E-state index is 0.00574. The van der Waals surface area contributed by atoms with Gasteiger partial charge < -0.3 is 10.2 Å². The van der Waals surface area contributed by atoms with Crippen LogP contribution >= 0.6 is 11.8 Å². The van der Waals surface area contributed by atoms with Gasteiger partial charge in [-0.2, -0.15) is 0 Å². The number of hydrogen-bond donors (Lipinski definition) is 1. The summed E-state index contributed by atoms with van der Waals surface area (Å²) in [6.45, 7) is 2.05. The van der Waals surface area contributed by atoms with Crippen LogP contribution in [-0.2, 0) is 0 Å². The Hall–Kier alpha value is -1.26. The number of halogens is 1. The molecule has 4 heteroatoms. The molecule has 2 rings (SSSR count). The van der Waals surface area contributed by atoms with Gasteiger partial charge in [0.25, 0.3) is 0 Å². The van der Waals surface area contributed by atoms with Gasteiger partial charge in [0.2, 0.25) is 0 Å². The summed E-state index contributed by atoms with van der Waals surface area (Å²) in [5.41, 5.74) is 6.13. The van der Waals surface area contributed by atoms with E-state index < -0.39 is 0 Å². The summed E-state index contributed by atoms with van der Waals surface area (Å²) in [6.07, 6.45) is 2.51. The molecule has 1 heterocycles. The molecule has 96 valence electrons. The van der Waals surface area contributed by atoms with Crippen LogP contribution in [0.4, 0.5) is 4.39 Å². The molecule has 0 aliphatic heterocycles. The fraction of sp³-hybridized carbons (Fsp3) is 0.286. The Balaban J connectivity index is 2.17. The largest absolute Gasteiger partial charge is 0.468 e. The first-order valence-corrected chi connectivity index (χ1v) is 6.80. The minimum Gasteiger partial charge on any atom is -0.468 e. The Bertz CT molecular complexity index is 469. The van der Waals surface area contributed by atoms with Crippen LogP contribution in [0.1, 0.15) is 24.4 Å². The van der Waals surface area contributed by atoms with Crippen LogP contribution in [-0.4, -0.2) is 6.04 Å². The van der Waals surface area contributed by atoms with Crippen molar-refractivity contribution in [3.63, 3.8) is 0 Å². The number of benzene rings is 1. The summed E-state index contributed by atoms with van der Waals surface area (Å²) in [5, 5.41) is 0.0514. The zero-order valence-corrected chi connectivity index (χ0v) is 11.0. The van der Waals surface area contributed by atoms with Crippen LogP contribution in [0.15, 0.2) is 52.0 Å². The van der Waals surface area contributed by atoms with Gasteiger partial charge >= 0.3 is 0 Å². The van der Waals surface area contributed by atoms with Crippen LogP contribution in [0.3, 0.4) is 0 Å². The zero-order valence-electron chi connectivity index (χ0n) is 10.2. The molecular formula is C14H16FNOS. The zero-order chi connectivity index (χ0) is 13.0. The molecule has 2 aromatic rings. The SMILES string of the molecule is CCC(N)C(Sc1ccc(F)cc1)c1ccco1. The van der Waals surface area contributed by atoms with Crippen molar-refractivity contribution in [1.29, 1.82) is 0 Å². The predicted octanol–water partition coefficient (Wildman–Crippen LogP) is 3.99. The third-order valence-corrected chi connectivity index (χ3v) is 4.14. The van der Waals surface area contributed by atoms with Crippen molar-refractivity contribution in [2.75, 3.05) is 0 Å². The van der Waals surface area contributed by atoms with E-state index in [0.717, 1.165) is 17.1 Å². The number of furan rings is 1. The molecule has 0 radical (unpaired) electrons. The van der Waals surface area contributed by atoms with Gasteiger partial charge in [-0.15, -0.1) is 11.8 Å². The van der Waals surface area contributed by atoms with Crippen LogP contribution in [0, 0.1) is 5.82 Å². The molecule has 0 saturated heterocycles. The summed E-state index contributed by atoms with van der Waals surface area (Å²) < 4.78 is 18.3. The molecule has 2 unspecified atom stereocenters. The maximum Gasteiger partial charge on any atom is 0.123 e. The molecule has 0 amide bonds. The van der Waals surface area contributed by atoms with Crippen LogP contribution in [0.2, 0.25) is 0 Å². The van der Waals surface area contributed by atoms with Crippen molar-refractivity contribution in [2.45, 2.75) is 29.5 Å². The lowest BCUT2D eigenvalue weighted by molar-refractivity contribution is 0.474. The standard InChI is InChI=1S/C14H16FNOS/c1-2-12(16)14(13-4-3-9-17-13)18-11-7-5-10(15)6-8-11/h3-9,12,14H,2,16H2,1H3. The van der Waals surface area contributed by atoms with Crippen molar-refractivity contribution >= 4 is 11.8 Å². The average Bonchev–Trinajstić information content (AvgIpc) is 2.91. The first kappa shape index (κ1) is 13.2. The van der Waals surface area contributed by atoms with E-state index >= 15 is 0 Å². The highest BCUT2D eigenvalue weighted by Gasteiger charge is 2.22. The van der Waals surface area contributed by atoms with Crippen LogP contribution < -0.4 is 5.73 Å². The van der Waals surface area contributed by atoms with Crippen molar-refractivity contribution in [3.8, 4) is 0 Å². The van der Waals surface area contributed by atoms with Gasteiger partial charge in [0.15, 0.2) is 0 Å². The van der Waals surface area contributed by atoms with E-state index in [0.29, 0.717) is 0 Å². The Kier molecular flexibility index (Phi) is 4.44. The van der Waals surface area contributed by atoms with E-state index in [4.69, 9.17) is 10.2 Å². The quantitative estimate of drug-likeness (QED) is 0.831. The Labute approximate surface area is 110 Å². The van der Waals surface area contributed by atoms with Crippen molar-refractivity contribution in [2.24, 2.45) is 5.73 Å². The molecule has 2 N–H and O–H groups in total. The number of rotatable bonds is 5. The monoisotopic (exact) mass is 265 g/mol. The van der Waals surface area contributed by atoms with E-state index in [9.17, 15) is 4.39 Å². The van der Waals surface area contributed by atoms with Gasteiger partial charge in [0, 0.05) is 10.9 Å². The molecule has 0 aliphatic carbocycles. The molecule has 1 aromatic carbocycles. The maximum atomic E-state index is 12.9. The summed E-state index contributed by atoms with van der Waals surface area (Å²) in [7, 11) is 0. The van der Waals surface area contributed by atoms with E-state index in [2.05, 4.69) is 0 Å². The van der Waals surface area contributed by atoms with Crippen molar-refractivity contribution < 1.29 is 8.81 Å². The van der Waals surface area contributed by atoms with Gasteiger partial charge in [-0.05, 0) is 42.8 Å². The molecule has 0 bridgehead atoms. The lowest BCUT2D eigenvalue weighted by Gasteiger charge is -2.20.